The Morgan fingerprint density at radius 3 is 2.60 bits per heavy atom. The summed E-state index contributed by atoms with van der Waals surface area (Å²) in [6.07, 6.45) is 9.42. The first-order valence-corrected chi connectivity index (χ1v) is 11.5. The molecule has 30 heavy (non-hydrogen) atoms. The van der Waals surface area contributed by atoms with E-state index in [1.54, 1.807) is 12.4 Å². The zero-order chi connectivity index (χ0) is 21.9. The van der Waals surface area contributed by atoms with E-state index in [4.69, 9.17) is 4.74 Å². The van der Waals surface area contributed by atoms with Gasteiger partial charge in [-0.15, -0.1) is 0 Å². The molecule has 0 spiro atoms. The molecule has 0 aliphatic heterocycles. The summed E-state index contributed by atoms with van der Waals surface area (Å²) in [4.78, 5) is 8.07. The molecule has 0 radical (unpaired) electrons. The number of hydrogen-bond donors (Lipinski definition) is 2. The average Bonchev–Trinajstić information content (AvgIpc) is 2.69. The van der Waals surface area contributed by atoms with Crippen molar-refractivity contribution in [1.29, 1.82) is 0 Å². The van der Waals surface area contributed by atoms with E-state index in [0.29, 0.717) is 16.7 Å². The van der Waals surface area contributed by atoms with Crippen molar-refractivity contribution in [3.63, 3.8) is 0 Å². The van der Waals surface area contributed by atoms with E-state index in [1.807, 2.05) is 6.92 Å². The molecule has 0 saturated heterocycles. The molecule has 1 saturated carbocycles. The molecule has 1 aliphatic rings. The summed E-state index contributed by atoms with van der Waals surface area (Å²) in [6, 6.07) is 1.53. The van der Waals surface area contributed by atoms with Gasteiger partial charge in [0.05, 0.1) is 12.3 Å². The molecule has 7 nitrogen and oxygen atoms in total. The third kappa shape index (κ3) is 5.46. The Labute approximate surface area is 177 Å². The van der Waals surface area contributed by atoms with Gasteiger partial charge in [-0.2, -0.15) is 8.42 Å². The third-order valence-electron chi connectivity index (χ3n) is 5.70. The first kappa shape index (κ1) is 22.4. The summed E-state index contributed by atoms with van der Waals surface area (Å²) in [5.41, 5.74) is 2.40. The van der Waals surface area contributed by atoms with Gasteiger partial charge < -0.3 is 4.74 Å². The molecule has 2 heterocycles. The van der Waals surface area contributed by atoms with E-state index in [1.165, 1.54) is 19.3 Å². The van der Waals surface area contributed by atoms with Gasteiger partial charge in [-0.05, 0) is 60.8 Å². The van der Waals surface area contributed by atoms with Gasteiger partial charge in [0.1, 0.15) is 5.75 Å². The van der Waals surface area contributed by atoms with Crippen LogP contribution in [0.4, 0.5) is 10.2 Å². The number of rotatable bonds is 7. The van der Waals surface area contributed by atoms with E-state index >= 15 is 0 Å². The topological polar surface area (TPSA) is 93.2 Å². The van der Waals surface area contributed by atoms with E-state index in [-0.39, 0.29) is 18.3 Å². The van der Waals surface area contributed by atoms with Gasteiger partial charge in [-0.3, -0.25) is 9.71 Å². The van der Waals surface area contributed by atoms with Crippen LogP contribution >= 0.6 is 0 Å². The van der Waals surface area contributed by atoms with Crippen LogP contribution in [-0.2, 0) is 16.6 Å². The fourth-order valence-electron chi connectivity index (χ4n) is 3.59. The molecular weight excluding hydrogens is 407 g/mol. The van der Waals surface area contributed by atoms with Crippen LogP contribution in [0.1, 0.15) is 56.2 Å². The van der Waals surface area contributed by atoms with E-state index < -0.39 is 16.0 Å². The van der Waals surface area contributed by atoms with E-state index in [0.717, 1.165) is 36.8 Å². The Morgan fingerprint density at radius 2 is 1.93 bits per heavy atom. The fraction of sp³-hybridized carbons (Fsp3) is 0.524. The van der Waals surface area contributed by atoms with Gasteiger partial charge >= 0.3 is 0 Å². The molecule has 9 heteroatoms. The Hall–Kier alpha value is -2.26. The molecule has 2 aromatic heterocycles. The molecule has 0 bridgehead atoms. The lowest BCUT2D eigenvalue weighted by Gasteiger charge is -2.34. The lowest BCUT2D eigenvalue weighted by atomic mass is 9.76. The minimum atomic E-state index is -3.86. The van der Waals surface area contributed by atoms with Gasteiger partial charge in [0.25, 0.3) is 10.2 Å². The lowest BCUT2D eigenvalue weighted by molar-refractivity contribution is 0.0978. The highest BCUT2D eigenvalue weighted by atomic mass is 32.2. The molecule has 0 unspecified atom stereocenters. The van der Waals surface area contributed by atoms with Crippen molar-refractivity contribution in [2.45, 2.75) is 59.0 Å². The largest absolute Gasteiger partial charge is 0.489 e. The van der Waals surface area contributed by atoms with Gasteiger partial charge in [0.15, 0.2) is 11.6 Å². The number of nitrogens with one attached hydrogen (secondary N) is 2. The normalized spacial score (nSPS) is 17.0. The predicted molar refractivity (Wildman–Crippen MR) is 114 cm³/mol. The van der Waals surface area contributed by atoms with Crippen LogP contribution in [0.25, 0.3) is 0 Å². The maximum Gasteiger partial charge on any atom is 0.300 e. The zero-order valence-corrected chi connectivity index (χ0v) is 18.6. The standard InChI is InChI=1S/C21H29FN4O3S/c1-14-16(11-15-7-10-25-20(19(15)22)26-30(27,28)23-4)12-24-13-18(14)29-17-5-8-21(2,3)9-6-17/h7,10,12-13,17,23H,5-6,8-9,11H2,1-4H3,(H,25,26). The highest BCUT2D eigenvalue weighted by Gasteiger charge is 2.28. The van der Waals surface area contributed by atoms with Gasteiger partial charge in [0, 0.05) is 25.9 Å². The number of anilines is 1. The SMILES string of the molecule is CNS(=O)(=O)Nc1nccc(Cc2cncc(OC3CCC(C)(C)CC3)c2C)c1F. The summed E-state index contributed by atoms with van der Waals surface area (Å²) >= 11 is 0. The van der Waals surface area contributed by atoms with Crippen molar-refractivity contribution in [2.75, 3.05) is 11.8 Å². The number of halogens is 1. The maximum atomic E-state index is 14.8. The van der Waals surface area contributed by atoms with Gasteiger partial charge in [0.2, 0.25) is 0 Å². The highest BCUT2D eigenvalue weighted by molar-refractivity contribution is 7.90. The summed E-state index contributed by atoms with van der Waals surface area (Å²) < 4.78 is 48.5. The maximum absolute atomic E-state index is 14.8. The number of nitrogens with zero attached hydrogens (tertiary/aromatic N) is 2. The number of aromatic nitrogens is 2. The monoisotopic (exact) mass is 436 g/mol. The molecule has 1 aliphatic carbocycles. The van der Waals surface area contributed by atoms with Crippen molar-refractivity contribution in [3.05, 3.63) is 47.2 Å². The quantitative estimate of drug-likeness (QED) is 0.690. The van der Waals surface area contributed by atoms with Crippen molar-refractivity contribution in [1.82, 2.24) is 14.7 Å². The second-order valence-electron chi connectivity index (χ2n) is 8.52. The van der Waals surface area contributed by atoms with Crippen LogP contribution in [0.15, 0.2) is 24.7 Å². The smallest absolute Gasteiger partial charge is 0.300 e. The Bertz CT molecular complexity index is 1000. The van der Waals surface area contributed by atoms with Crippen molar-refractivity contribution < 1.29 is 17.5 Å². The molecule has 2 aromatic rings. The highest BCUT2D eigenvalue weighted by Crippen LogP contribution is 2.37. The number of hydrogen-bond acceptors (Lipinski definition) is 5. The molecule has 2 N–H and O–H groups in total. The fourth-order valence-corrected chi connectivity index (χ4v) is 4.09. The van der Waals surface area contributed by atoms with Gasteiger partial charge in [-0.25, -0.2) is 14.1 Å². The summed E-state index contributed by atoms with van der Waals surface area (Å²) in [5.74, 6) is -0.343. The second-order valence-corrected chi connectivity index (χ2v) is 10.1. The Balaban J connectivity index is 1.77. The summed E-state index contributed by atoms with van der Waals surface area (Å²) in [7, 11) is -2.63. The van der Waals surface area contributed by atoms with Crippen LogP contribution in [0.5, 0.6) is 5.75 Å². The molecule has 0 atom stereocenters. The Kier molecular flexibility index (Phi) is 6.62. The van der Waals surface area contributed by atoms with Crippen LogP contribution in [-0.4, -0.2) is 31.5 Å². The Morgan fingerprint density at radius 1 is 1.23 bits per heavy atom. The first-order valence-electron chi connectivity index (χ1n) is 10.0. The second kappa shape index (κ2) is 8.85. The number of ether oxygens (including phenoxy) is 1. The molecule has 0 aromatic carbocycles. The van der Waals surface area contributed by atoms with E-state index in [9.17, 15) is 12.8 Å². The van der Waals surface area contributed by atoms with Crippen LogP contribution in [0, 0.1) is 18.2 Å². The van der Waals surface area contributed by atoms with E-state index in [2.05, 4.69) is 33.3 Å². The molecular formula is C21H29FN4O3S. The minimum Gasteiger partial charge on any atom is -0.489 e. The first-order chi connectivity index (χ1) is 14.1. The molecule has 0 amide bonds. The van der Waals surface area contributed by atoms with Crippen LogP contribution < -0.4 is 14.2 Å². The lowest BCUT2D eigenvalue weighted by Crippen LogP contribution is -2.28. The van der Waals surface area contributed by atoms with Crippen LogP contribution in [0.3, 0.4) is 0 Å². The minimum absolute atomic E-state index is 0.161. The van der Waals surface area contributed by atoms with Crippen molar-refractivity contribution >= 4 is 16.0 Å². The van der Waals surface area contributed by atoms with Crippen LogP contribution in [0.2, 0.25) is 0 Å². The molecule has 3 rings (SSSR count). The predicted octanol–water partition coefficient (Wildman–Crippen LogP) is 3.74. The van der Waals surface area contributed by atoms with Crippen molar-refractivity contribution in [2.24, 2.45) is 5.41 Å². The average molecular weight is 437 g/mol. The molecule has 164 valence electrons. The molecule has 1 fully saturated rings. The summed E-state index contributed by atoms with van der Waals surface area (Å²) in [6.45, 7) is 6.50. The van der Waals surface area contributed by atoms with Crippen molar-refractivity contribution in [3.8, 4) is 5.75 Å². The van der Waals surface area contributed by atoms with Gasteiger partial charge in [-0.1, -0.05) is 13.8 Å². The zero-order valence-electron chi connectivity index (χ0n) is 17.8. The summed E-state index contributed by atoms with van der Waals surface area (Å²) in [5, 5.41) is 0. The number of pyridine rings is 2. The third-order valence-corrected chi connectivity index (χ3v) is 6.70.